The molecule has 4 nitrogen and oxygen atoms in total. The summed E-state index contributed by atoms with van der Waals surface area (Å²) < 4.78 is 2.13. The summed E-state index contributed by atoms with van der Waals surface area (Å²) in [5.41, 5.74) is 1.13. The van der Waals surface area contributed by atoms with Crippen molar-refractivity contribution in [3.63, 3.8) is 0 Å². The molecule has 2 fully saturated rings. The van der Waals surface area contributed by atoms with Gasteiger partial charge in [0.1, 0.15) is 0 Å². The predicted octanol–water partition coefficient (Wildman–Crippen LogP) is 2.38. The normalized spacial score (nSPS) is 28.1. The van der Waals surface area contributed by atoms with Crippen LogP contribution >= 0.6 is 22.9 Å². The van der Waals surface area contributed by atoms with Gasteiger partial charge in [-0.3, -0.25) is 9.30 Å². The molecule has 2 saturated heterocycles. The van der Waals surface area contributed by atoms with Crippen molar-refractivity contribution < 1.29 is 0 Å². The number of hydrogen-bond donors (Lipinski definition) is 1. The van der Waals surface area contributed by atoms with Crippen LogP contribution < -0.4 is 5.32 Å². The second kappa shape index (κ2) is 4.74. The SMILES string of the molecule is Clc1nc2sccn2c1CN1CC[C@H]2CC[C@@H](C1)N2. The Kier molecular flexibility index (Phi) is 3.03. The maximum atomic E-state index is 6.28. The lowest BCUT2D eigenvalue weighted by Crippen LogP contribution is -2.35. The van der Waals surface area contributed by atoms with E-state index in [0.29, 0.717) is 11.2 Å². The summed E-state index contributed by atoms with van der Waals surface area (Å²) in [4.78, 5) is 7.93. The van der Waals surface area contributed by atoms with Gasteiger partial charge in [-0.05, 0) is 19.3 Å². The lowest BCUT2D eigenvalue weighted by atomic mass is 10.1. The molecule has 0 aromatic carbocycles. The lowest BCUT2D eigenvalue weighted by Gasteiger charge is -2.23. The number of aromatic nitrogens is 2. The van der Waals surface area contributed by atoms with E-state index in [1.54, 1.807) is 11.3 Å². The maximum Gasteiger partial charge on any atom is 0.195 e. The van der Waals surface area contributed by atoms with Gasteiger partial charge >= 0.3 is 0 Å². The van der Waals surface area contributed by atoms with Crippen LogP contribution in [0.3, 0.4) is 0 Å². The molecule has 102 valence electrons. The van der Waals surface area contributed by atoms with Gasteiger partial charge in [0, 0.05) is 43.3 Å². The van der Waals surface area contributed by atoms with Crippen molar-refractivity contribution in [2.75, 3.05) is 13.1 Å². The highest BCUT2D eigenvalue weighted by molar-refractivity contribution is 7.15. The lowest BCUT2D eigenvalue weighted by molar-refractivity contribution is 0.247. The van der Waals surface area contributed by atoms with Gasteiger partial charge in [-0.15, -0.1) is 11.3 Å². The smallest absolute Gasteiger partial charge is 0.195 e. The summed E-state index contributed by atoms with van der Waals surface area (Å²) in [5, 5.41) is 6.44. The number of imidazole rings is 1. The summed E-state index contributed by atoms with van der Waals surface area (Å²) in [6.45, 7) is 3.19. The molecule has 4 rings (SSSR count). The van der Waals surface area contributed by atoms with E-state index >= 15 is 0 Å². The van der Waals surface area contributed by atoms with Crippen molar-refractivity contribution >= 4 is 27.9 Å². The minimum Gasteiger partial charge on any atom is -0.310 e. The Labute approximate surface area is 121 Å². The van der Waals surface area contributed by atoms with Gasteiger partial charge in [0.15, 0.2) is 10.1 Å². The molecule has 0 amide bonds. The molecular weight excluding hydrogens is 280 g/mol. The maximum absolute atomic E-state index is 6.28. The fourth-order valence-corrected chi connectivity index (χ4v) is 4.33. The summed E-state index contributed by atoms with van der Waals surface area (Å²) in [6, 6.07) is 1.40. The van der Waals surface area contributed by atoms with E-state index in [-0.39, 0.29) is 0 Å². The van der Waals surface area contributed by atoms with Gasteiger partial charge in [0.05, 0.1) is 5.69 Å². The predicted molar refractivity (Wildman–Crippen MR) is 77.9 cm³/mol. The number of likely N-dealkylation sites (tertiary alicyclic amines) is 1. The zero-order valence-corrected chi connectivity index (χ0v) is 12.3. The average molecular weight is 297 g/mol. The molecule has 19 heavy (non-hydrogen) atoms. The van der Waals surface area contributed by atoms with Gasteiger partial charge in [-0.2, -0.15) is 0 Å². The van der Waals surface area contributed by atoms with Crippen LogP contribution in [0.1, 0.15) is 25.0 Å². The van der Waals surface area contributed by atoms with Crippen LogP contribution in [0.4, 0.5) is 0 Å². The molecule has 2 aromatic rings. The molecule has 6 heteroatoms. The molecule has 2 aliphatic rings. The van der Waals surface area contributed by atoms with Crippen LogP contribution in [0.15, 0.2) is 11.6 Å². The first-order valence-corrected chi connectivity index (χ1v) is 8.13. The van der Waals surface area contributed by atoms with Crippen molar-refractivity contribution in [2.45, 2.75) is 37.9 Å². The molecule has 1 N–H and O–H groups in total. The van der Waals surface area contributed by atoms with E-state index in [2.05, 4.69) is 31.2 Å². The standard InChI is InChI=1S/C13H17ClN4S/c14-12-11(18-5-6-19-13(18)16-12)8-17-4-3-9-1-2-10(7-17)15-9/h5-6,9-10,15H,1-4,7-8H2/t9-,10+/m1/s1. The number of rotatable bonds is 2. The summed E-state index contributed by atoms with van der Waals surface area (Å²) >= 11 is 7.92. The molecule has 2 bridgehead atoms. The number of nitrogens with one attached hydrogen (secondary N) is 1. The van der Waals surface area contributed by atoms with Crippen LogP contribution in [0.25, 0.3) is 4.96 Å². The Bertz CT molecular complexity index is 592. The third-order valence-electron chi connectivity index (χ3n) is 4.29. The number of nitrogens with zero attached hydrogens (tertiary/aromatic N) is 3. The second-order valence-corrected chi connectivity index (χ2v) is 6.80. The van der Waals surface area contributed by atoms with Crippen molar-refractivity contribution in [1.29, 1.82) is 0 Å². The minimum absolute atomic E-state index is 0.661. The van der Waals surface area contributed by atoms with Crippen molar-refractivity contribution in [3.05, 3.63) is 22.4 Å². The van der Waals surface area contributed by atoms with E-state index in [9.17, 15) is 0 Å². The van der Waals surface area contributed by atoms with Crippen LogP contribution in [0, 0.1) is 0 Å². The van der Waals surface area contributed by atoms with Gasteiger partial charge < -0.3 is 5.32 Å². The molecule has 2 aromatic heterocycles. The highest BCUT2D eigenvalue weighted by atomic mass is 35.5. The number of thiazole rings is 1. The Morgan fingerprint density at radius 3 is 3.21 bits per heavy atom. The van der Waals surface area contributed by atoms with Crippen LogP contribution in [-0.2, 0) is 6.54 Å². The molecule has 0 unspecified atom stereocenters. The Hall–Kier alpha value is -0.620. The van der Waals surface area contributed by atoms with E-state index in [0.717, 1.165) is 36.3 Å². The molecular formula is C13H17ClN4S. The number of hydrogen-bond acceptors (Lipinski definition) is 4. The molecule has 2 atom stereocenters. The van der Waals surface area contributed by atoms with E-state index in [4.69, 9.17) is 11.6 Å². The average Bonchev–Trinajstić information content (AvgIpc) is 3.01. The minimum atomic E-state index is 0.661. The van der Waals surface area contributed by atoms with E-state index in [1.807, 2.05) is 0 Å². The fourth-order valence-electron chi connectivity index (χ4n) is 3.32. The van der Waals surface area contributed by atoms with E-state index in [1.165, 1.54) is 19.3 Å². The van der Waals surface area contributed by atoms with Crippen LogP contribution in [-0.4, -0.2) is 39.5 Å². The van der Waals surface area contributed by atoms with Crippen LogP contribution in [0.2, 0.25) is 5.15 Å². The Morgan fingerprint density at radius 2 is 2.26 bits per heavy atom. The molecule has 0 spiro atoms. The quantitative estimate of drug-likeness (QED) is 0.923. The highest BCUT2D eigenvalue weighted by Gasteiger charge is 2.29. The number of halogens is 1. The monoisotopic (exact) mass is 296 g/mol. The zero-order valence-electron chi connectivity index (χ0n) is 10.7. The van der Waals surface area contributed by atoms with Gasteiger partial charge in [-0.25, -0.2) is 4.98 Å². The first kappa shape index (κ1) is 12.1. The van der Waals surface area contributed by atoms with E-state index < -0.39 is 0 Å². The molecule has 0 saturated carbocycles. The van der Waals surface area contributed by atoms with Gasteiger partial charge in [-0.1, -0.05) is 11.6 Å². The second-order valence-electron chi connectivity index (χ2n) is 5.57. The molecule has 4 heterocycles. The number of fused-ring (bicyclic) bond motifs is 3. The highest BCUT2D eigenvalue weighted by Crippen LogP contribution is 2.25. The van der Waals surface area contributed by atoms with Crippen molar-refractivity contribution in [1.82, 2.24) is 19.6 Å². The largest absolute Gasteiger partial charge is 0.310 e. The summed E-state index contributed by atoms with van der Waals surface area (Å²) in [6.07, 6.45) is 5.98. The first-order valence-electron chi connectivity index (χ1n) is 6.88. The van der Waals surface area contributed by atoms with Gasteiger partial charge in [0.2, 0.25) is 0 Å². The molecule has 2 aliphatic heterocycles. The first-order chi connectivity index (χ1) is 9.29. The summed E-state index contributed by atoms with van der Waals surface area (Å²) in [7, 11) is 0. The third kappa shape index (κ3) is 2.18. The molecule has 0 aliphatic carbocycles. The Balaban J connectivity index is 1.57. The zero-order chi connectivity index (χ0) is 12.8. The topological polar surface area (TPSA) is 32.6 Å². The van der Waals surface area contributed by atoms with Crippen LogP contribution in [0.5, 0.6) is 0 Å². The Morgan fingerprint density at radius 1 is 1.37 bits per heavy atom. The fraction of sp³-hybridized carbons (Fsp3) is 0.615. The third-order valence-corrected chi connectivity index (χ3v) is 5.35. The van der Waals surface area contributed by atoms with Crippen molar-refractivity contribution in [2.24, 2.45) is 0 Å². The van der Waals surface area contributed by atoms with Crippen molar-refractivity contribution in [3.8, 4) is 0 Å². The van der Waals surface area contributed by atoms with Gasteiger partial charge in [0.25, 0.3) is 0 Å². The molecule has 0 radical (unpaired) electrons. The summed E-state index contributed by atoms with van der Waals surface area (Å²) in [5.74, 6) is 0.